The van der Waals surface area contributed by atoms with Gasteiger partial charge in [0.25, 0.3) is 0 Å². The molecule has 1 aromatic rings. The van der Waals surface area contributed by atoms with Gasteiger partial charge in [-0.1, -0.05) is 32.4 Å². The fourth-order valence-corrected chi connectivity index (χ4v) is 6.18. The number of nitrogens with one attached hydrogen (secondary N) is 1. The number of hydrogen-bond acceptors (Lipinski definition) is 5. The van der Waals surface area contributed by atoms with Gasteiger partial charge in [0.2, 0.25) is 26.0 Å². The van der Waals surface area contributed by atoms with Crippen molar-refractivity contribution in [2.45, 2.75) is 57.0 Å². The van der Waals surface area contributed by atoms with Crippen LogP contribution in [-0.2, 0) is 24.8 Å². The van der Waals surface area contributed by atoms with Gasteiger partial charge in [0.05, 0.1) is 17.2 Å². The van der Waals surface area contributed by atoms with Crippen molar-refractivity contribution in [3.63, 3.8) is 0 Å². The lowest BCUT2D eigenvalue weighted by Crippen LogP contribution is -2.51. The molecule has 1 heterocycles. The molecule has 0 aromatic heterocycles. The molecule has 164 valence electrons. The van der Waals surface area contributed by atoms with Crippen LogP contribution in [0.2, 0.25) is 0 Å². The number of hydrogen-bond donors (Lipinski definition) is 1. The second-order valence-electron chi connectivity index (χ2n) is 7.27. The number of benzene rings is 1. The molecule has 1 N–H and O–H groups in total. The molecule has 0 radical (unpaired) electrons. The first-order chi connectivity index (χ1) is 13.5. The van der Waals surface area contributed by atoms with Crippen molar-refractivity contribution in [3.8, 4) is 0 Å². The van der Waals surface area contributed by atoms with Crippen LogP contribution in [-0.4, -0.2) is 63.3 Å². The van der Waals surface area contributed by atoms with E-state index in [9.17, 15) is 21.6 Å². The molecule has 29 heavy (non-hydrogen) atoms. The van der Waals surface area contributed by atoms with E-state index in [1.807, 2.05) is 0 Å². The van der Waals surface area contributed by atoms with Crippen LogP contribution in [0.3, 0.4) is 0 Å². The zero-order valence-electron chi connectivity index (χ0n) is 17.5. The average molecular weight is 446 g/mol. The molecule has 1 aliphatic rings. The van der Waals surface area contributed by atoms with E-state index < -0.39 is 26.1 Å². The van der Waals surface area contributed by atoms with Gasteiger partial charge < -0.3 is 5.32 Å². The third-order valence-electron chi connectivity index (χ3n) is 5.26. The largest absolute Gasteiger partial charge is 0.348 e. The normalized spacial score (nSPS) is 19.8. The summed E-state index contributed by atoms with van der Waals surface area (Å²) in [6.07, 6.45) is 3.16. The minimum atomic E-state index is -3.53. The van der Waals surface area contributed by atoms with Gasteiger partial charge in [-0.3, -0.25) is 4.79 Å². The lowest BCUT2D eigenvalue weighted by atomic mass is 10.0. The first kappa shape index (κ1) is 23.8. The molecular weight excluding hydrogens is 414 g/mol. The van der Waals surface area contributed by atoms with Crippen LogP contribution in [0.4, 0.5) is 0 Å². The van der Waals surface area contributed by atoms with Gasteiger partial charge in [0, 0.05) is 19.6 Å². The highest BCUT2D eigenvalue weighted by molar-refractivity contribution is 7.89. The standard InChI is InChI=1S/C19H31N3O5S2/c1-5-21(6-2)29(26,27)17-12-10-16(11-13-17)15(3)20-19(23)18-9-7-8-14-22(18)28(4,24)25/h10-13,15,18H,5-9,14H2,1-4H3,(H,20,23)/t15-,18+/m0/s1. The number of piperidine rings is 1. The molecule has 0 bridgehead atoms. The number of nitrogens with zero attached hydrogens (tertiary/aromatic N) is 2. The highest BCUT2D eigenvalue weighted by Gasteiger charge is 2.35. The lowest BCUT2D eigenvalue weighted by molar-refractivity contribution is -0.126. The smallest absolute Gasteiger partial charge is 0.243 e. The molecule has 1 aliphatic heterocycles. The maximum absolute atomic E-state index is 12.7. The van der Waals surface area contributed by atoms with Gasteiger partial charge in [0.1, 0.15) is 6.04 Å². The maximum atomic E-state index is 12.7. The SMILES string of the molecule is CCN(CC)S(=O)(=O)c1ccc([C@H](C)NC(=O)[C@H]2CCCCN2S(C)(=O)=O)cc1. The summed E-state index contributed by atoms with van der Waals surface area (Å²) >= 11 is 0. The molecule has 0 spiro atoms. The molecule has 2 atom stereocenters. The summed E-state index contributed by atoms with van der Waals surface area (Å²) in [5.74, 6) is -0.331. The van der Waals surface area contributed by atoms with E-state index in [4.69, 9.17) is 0 Å². The zero-order chi connectivity index (χ0) is 21.8. The van der Waals surface area contributed by atoms with E-state index in [2.05, 4.69) is 5.32 Å². The van der Waals surface area contributed by atoms with Gasteiger partial charge >= 0.3 is 0 Å². The van der Waals surface area contributed by atoms with Gasteiger partial charge in [0.15, 0.2) is 0 Å². The highest BCUT2D eigenvalue weighted by Crippen LogP contribution is 2.23. The average Bonchev–Trinajstić information content (AvgIpc) is 2.68. The molecule has 1 fully saturated rings. The number of rotatable bonds is 8. The van der Waals surface area contributed by atoms with Crippen molar-refractivity contribution in [3.05, 3.63) is 29.8 Å². The Hall–Kier alpha value is -1.49. The summed E-state index contributed by atoms with van der Waals surface area (Å²) in [6, 6.07) is 5.34. The second kappa shape index (κ2) is 9.55. The number of carbonyl (C=O) groups excluding carboxylic acids is 1. The molecule has 0 unspecified atom stereocenters. The molecule has 10 heteroatoms. The van der Waals surface area contributed by atoms with Crippen LogP contribution in [0.15, 0.2) is 29.2 Å². The summed E-state index contributed by atoms with van der Waals surface area (Å²) in [7, 11) is -6.99. The topological polar surface area (TPSA) is 104 Å². The van der Waals surface area contributed by atoms with Gasteiger partial charge in [-0.05, 0) is 37.5 Å². The Bertz CT molecular complexity index is 910. The van der Waals surface area contributed by atoms with Crippen LogP contribution in [0, 0.1) is 0 Å². The molecule has 1 saturated heterocycles. The van der Waals surface area contributed by atoms with E-state index in [-0.39, 0.29) is 16.8 Å². The molecule has 0 saturated carbocycles. The van der Waals surface area contributed by atoms with Crippen LogP contribution < -0.4 is 5.32 Å². The van der Waals surface area contributed by atoms with Crippen LogP contribution in [0.5, 0.6) is 0 Å². The lowest BCUT2D eigenvalue weighted by Gasteiger charge is -2.33. The fourth-order valence-electron chi connectivity index (χ4n) is 3.60. The molecule has 0 aliphatic carbocycles. The predicted molar refractivity (Wildman–Crippen MR) is 112 cm³/mol. The van der Waals surface area contributed by atoms with E-state index >= 15 is 0 Å². The first-order valence-electron chi connectivity index (χ1n) is 9.89. The minimum Gasteiger partial charge on any atom is -0.348 e. The second-order valence-corrected chi connectivity index (χ2v) is 11.1. The summed E-state index contributed by atoms with van der Waals surface area (Å²) in [5, 5.41) is 2.87. The summed E-state index contributed by atoms with van der Waals surface area (Å²) in [4.78, 5) is 12.9. The van der Waals surface area contributed by atoms with Crippen molar-refractivity contribution < 1.29 is 21.6 Å². The Morgan fingerprint density at radius 3 is 2.24 bits per heavy atom. The van der Waals surface area contributed by atoms with Crippen LogP contribution >= 0.6 is 0 Å². The Kier molecular flexibility index (Phi) is 7.83. The van der Waals surface area contributed by atoms with E-state index in [1.165, 1.54) is 20.7 Å². The van der Waals surface area contributed by atoms with Crippen molar-refractivity contribution in [1.82, 2.24) is 13.9 Å². The number of amides is 1. The summed E-state index contributed by atoms with van der Waals surface area (Å²) < 4.78 is 51.8. The summed E-state index contributed by atoms with van der Waals surface area (Å²) in [6.45, 7) is 6.51. The molecule has 2 rings (SSSR count). The first-order valence-corrected chi connectivity index (χ1v) is 13.2. The van der Waals surface area contributed by atoms with Crippen LogP contribution in [0.25, 0.3) is 0 Å². The van der Waals surface area contributed by atoms with Crippen molar-refractivity contribution in [2.75, 3.05) is 25.9 Å². The Morgan fingerprint density at radius 2 is 1.72 bits per heavy atom. The molecule has 1 amide bonds. The zero-order valence-corrected chi connectivity index (χ0v) is 19.1. The minimum absolute atomic E-state index is 0.207. The maximum Gasteiger partial charge on any atom is 0.243 e. The van der Waals surface area contributed by atoms with Crippen molar-refractivity contribution in [1.29, 1.82) is 0 Å². The van der Waals surface area contributed by atoms with E-state index in [1.54, 1.807) is 32.9 Å². The van der Waals surface area contributed by atoms with Crippen LogP contribution in [0.1, 0.15) is 51.6 Å². The van der Waals surface area contributed by atoms with Gasteiger partial charge in [-0.25, -0.2) is 16.8 Å². The summed E-state index contributed by atoms with van der Waals surface area (Å²) in [5.41, 5.74) is 0.749. The molecule has 1 aromatic carbocycles. The van der Waals surface area contributed by atoms with Gasteiger partial charge in [-0.2, -0.15) is 8.61 Å². The third kappa shape index (κ3) is 5.56. The van der Waals surface area contributed by atoms with Crippen molar-refractivity contribution in [2.24, 2.45) is 0 Å². The highest BCUT2D eigenvalue weighted by atomic mass is 32.2. The predicted octanol–water partition coefficient (Wildman–Crippen LogP) is 1.71. The Morgan fingerprint density at radius 1 is 1.14 bits per heavy atom. The van der Waals surface area contributed by atoms with E-state index in [0.717, 1.165) is 24.7 Å². The Labute approximate surface area is 174 Å². The van der Waals surface area contributed by atoms with Gasteiger partial charge in [-0.15, -0.1) is 0 Å². The fraction of sp³-hybridized carbons (Fsp3) is 0.632. The third-order valence-corrected chi connectivity index (χ3v) is 8.62. The molecular formula is C19H31N3O5S2. The number of carbonyl (C=O) groups is 1. The quantitative estimate of drug-likeness (QED) is 0.656. The monoisotopic (exact) mass is 445 g/mol. The Balaban J connectivity index is 2.13. The van der Waals surface area contributed by atoms with E-state index in [0.29, 0.717) is 26.1 Å². The number of sulfonamides is 2. The molecule has 8 nitrogen and oxygen atoms in total. The van der Waals surface area contributed by atoms with Crippen molar-refractivity contribution >= 4 is 26.0 Å².